The third-order valence-corrected chi connectivity index (χ3v) is 4.31. The van der Waals surface area contributed by atoms with E-state index in [0.29, 0.717) is 18.0 Å². The molecule has 0 fully saturated rings. The molecule has 2 heterocycles. The van der Waals surface area contributed by atoms with E-state index in [0.717, 1.165) is 28.5 Å². The van der Waals surface area contributed by atoms with E-state index in [2.05, 4.69) is 10.3 Å². The SMILES string of the molecule is CCOc1ccc(Nc2c(-c3ccc(O)c(OC)c3)nc3cnccn23)cc1. The van der Waals surface area contributed by atoms with Gasteiger partial charge in [-0.1, -0.05) is 0 Å². The van der Waals surface area contributed by atoms with Gasteiger partial charge in [-0.25, -0.2) is 4.98 Å². The number of phenols is 1. The van der Waals surface area contributed by atoms with Crippen LogP contribution in [-0.2, 0) is 0 Å². The molecule has 4 aromatic rings. The maximum atomic E-state index is 9.91. The number of imidazole rings is 1. The molecular formula is C21H20N4O3. The second kappa shape index (κ2) is 7.48. The Labute approximate surface area is 162 Å². The van der Waals surface area contributed by atoms with Gasteiger partial charge in [-0.3, -0.25) is 9.38 Å². The fourth-order valence-electron chi connectivity index (χ4n) is 2.99. The van der Waals surface area contributed by atoms with Crippen LogP contribution in [0.3, 0.4) is 0 Å². The van der Waals surface area contributed by atoms with E-state index in [9.17, 15) is 5.11 Å². The van der Waals surface area contributed by atoms with Gasteiger partial charge < -0.3 is 19.9 Å². The average molecular weight is 376 g/mol. The van der Waals surface area contributed by atoms with Gasteiger partial charge in [0.15, 0.2) is 17.1 Å². The summed E-state index contributed by atoms with van der Waals surface area (Å²) in [7, 11) is 1.52. The highest BCUT2D eigenvalue weighted by molar-refractivity contribution is 5.80. The Balaban J connectivity index is 1.79. The van der Waals surface area contributed by atoms with Gasteiger partial charge in [-0.15, -0.1) is 0 Å². The van der Waals surface area contributed by atoms with Crippen LogP contribution in [0, 0.1) is 0 Å². The van der Waals surface area contributed by atoms with Crippen molar-refractivity contribution < 1.29 is 14.6 Å². The fraction of sp³-hybridized carbons (Fsp3) is 0.143. The molecule has 0 aliphatic rings. The number of fused-ring (bicyclic) bond motifs is 1. The number of aromatic hydroxyl groups is 1. The molecule has 0 spiro atoms. The Hall–Kier alpha value is -3.74. The van der Waals surface area contributed by atoms with E-state index in [1.807, 2.05) is 41.8 Å². The minimum absolute atomic E-state index is 0.0812. The summed E-state index contributed by atoms with van der Waals surface area (Å²) >= 11 is 0. The summed E-state index contributed by atoms with van der Waals surface area (Å²) in [6.45, 7) is 2.58. The molecule has 0 saturated heterocycles. The number of rotatable bonds is 6. The molecule has 7 nitrogen and oxygen atoms in total. The van der Waals surface area contributed by atoms with Gasteiger partial charge in [0, 0.05) is 23.6 Å². The van der Waals surface area contributed by atoms with Gasteiger partial charge in [0.25, 0.3) is 0 Å². The van der Waals surface area contributed by atoms with Crippen LogP contribution in [0.2, 0.25) is 0 Å². The molecule has 4 rings (SSSR count). The Kier molecular flexibility index (Phi) is 4.72. The van der Waals surface area contributed by atoms with E-state index < -0.39 is 0 Å². The predicted octanol–water partition coefficient (Wildman–Crippen LogP) is 4.25. The lowest BCUT2D eigenvalue weighted by atomic mass is 10.1. The van der Waals surface area contributed by atoms with Crippen molar-refractivity contribution in [1.82, 2.24) is 14.4 Å². The topological polar surface area (TPSA) is 80.9 Å². The first-order chi connectivity index (χ1) is 13.7. The molecular weight excluding hydrogens is 356 g/mol. The lowest BCUT2D eigenvalue weighted by Gasteiger charge is -2.11. The molecule has 0 atom stereocenters. The van der Waals surface area contributed by atoms with Crippen LogP contribution in [0.4, 0.5) is 11.5 Å². The third-order valence-electron chi connectivity index (χ3n) is 4.31. The van der Waals surface area contributed by atoms with Gasteiger partial charge in [-0.05, 0) is 49.4 Å². The molecule has 0 bridgehead atoms. The van der Waals surface area contributed by atoms with Gasteiger partial charge in [0.2, 0.25) is 0 Å². The number of hydrogen-bond acceptors (Lipinski definition) is 6. The van der Waals surface area contributed by atoms with Crippen LogP contribution < -0.4 is 14.8 Å². The number of nitrogens with one attached hydrogen (secondary N) is 1. The lowest BCUT2D eigenvalue weighted by molar-refractivity contribution is 0.340. The molecule has 0 amide bonds. The number of ether oxygens (including phenoxy) is 2. The van der Waals surface area contributed by atoms with Crippen molar-refractivity contribution in [3.63, 3.8) is 0 Å². The molecule has 7 heteroatoms. The highest BCUT2D eigenvalue weighted by atomic mass is 16.5. The van der Waals surface area contributed by atoms with Gasteiger partial charge in [0.05, 0.1) is 19.9 Å². The van der Waals surface area contributed by atoms with Gasteiger partial charge in [0.1, 0.15) is 17.3 Å². The molecule has 142 valence electrons. The molecule has 0 aliphatic carbocycles. The number of benzene rings is 2. The Morgan fingerprint density at radius 2 is 1.96 bits per heavy atom. The minimum Gasteiger partial charge on any atom is -0.504 e. The molecule has 0 aliphatic heterocycles. The molecule has 28 heavy (non-hydrogen) atoms. The number of nitrogens with zero attached hydrogens (tertiary/aromatic N) is 3. The highest BCUT2D eigenvalue weighted by Crippen LogP contribution is 2.36. The van der Waals surface area contributed by atoms with Crippen LogP contribution in [0.5, 0.6) is 17.2 Å². The van der Waals surface area contributed by atoms with E-state index in [4.69, 9.17) is 14.5 Å². The monoisotopic (exact) mass is 376 g/mol. The fourth-order valence-corrected chi connectivity index (χ4v) is 2.99. The molecule has 2 aromatic carbocycles. The van der Waals surface area contributed by atoms with E-state index in [-0.39, 0.29) is 5.75 Å². The van der Waals surface area contributed by atoms with E-state index in [1.165, 1.54) is 7.11 Å². The summed E-state index contributed by atoms with van der Waals surface area (Å²) in [5.41, 5.74) is 3.14. The summed E-state index contributed by atoms with van der Waals surface area (Å²) < 4.78 is 12.7. The zero-order chi connectivity index (χ0) is 19.5. The summed E-state index contributed by atoms with van der Waals surface area (Å²) in [6, 6.07) is 12.9. The Morgan fingerprint density at radius 1 is 1.14 bits per heavy atom. The van der Waals surface area contributed by atoms with E-state index >= 15 is 0 Å². The molecule has 2 aromatic heterocycles. The highest BCUT2D eigenvalue weighted by Gasteiger charge is 2.16. The number of methoxy groups -OCH3 is 1. The first-order valence-corrected chi connectivity index (χ1v) is 8.89. The Bertz CT molecular complexity index is 1110. The summed E-state index contributed by atoms with van der Waals surface area (Å²) in [6.07, 6.45) is 5.25. The minimum atomic E-state index is 0.0812. The smallest absolute Gasteiger partial charge is 0.161 e. The second-order valence-electron chi connectivity index (χ2n) is 6.08. The number of anilines is 2. The summed E-state index contributed by atoms with van der Waals surface area (Å²) in [5.74, 6) is 2.07. The maximum Gasteiger partial charge on any atom is 0.161 e. The van der Waals surface area contributed by atoms with Crippen molar-refractivity contribution in [2.45, 2.75) is 6.92 Å². The van der Waals surface area contributed by atoms with Crippen molar-refractivity contribution in [2.24, 2.45) is 0 Å². The van der Waals surface area contributed by atoms with Crippen LogP contribution in [0.1, 0.15) is 6.92 Å². The van der Waals surface area contributed by atoms with Crippen molar-refractivity contribution in [3.05, 3.63) is 61.1 Å². The first kappa shape index (κ1) is 17.7. The van der Waals surface area contributed by atoms with Crippen molar-refractivity contribution >= 4 is 17.2 Å². The van der Waals surface area contributed by atoms with Crippen LogP contribution in [-0.4, -0.2) is 33.2 Å². The van der Waals surface area contributed by atoms with E-state index in [1.54, 1.807) is 30.6 Å². The van der Waals surface area contributed by atoms with Crippen molar-refractivity contribution in [1.29, 1.82) is 0 Å². The van der Waals surface area contributed by atoms with Gasteiger partial charge >= 0.3 is 0 Å². The van der Waals surface area contributed by atoms with Gasteiger partial charge in [-0.2, -0.15) is 0 Å². The van der Waals surface area contributed by atoms with Crippen molar-refractivity contribution in [3.8, 4) is 28.5 Å². The predicted molar refractivity (Wildman–Crippen MR) is 108 cm³/mol. The molecule has 0 saturated carbocycles. The second-order valence-corrected chi connectivity index (χ2v) is 6.08. The largest absolute Gasteiger partial charge is 0.504 e. The van der Waals surface area contributed by atoms with Crippen LogP contribution in [0.25, 0.3) is 16.9 Å². The number of aromatic nitrogens is 3. The quantitative estimate of drug-likeness (QED) is 0.524. The standard InChI is InChI=1S/C21H20N4O3/c1-3-28-16-7-5-15(6-8-16)23-21-20(24-19-13-22-10-11-25(19)21)14-4-9-17(26)18(12-14)27-2/h4-13,23,26H,3H2,1-2H3. The first-order valence-electron chi connectivity index (χ1n) is 8.89. The van der Waals surface area contributed by atoms with Crippen LogP contribution >= 0.6 is 0 Å². The number of phenolic OH excluding ortho intramolecular Hbond substituents is 1. The Morgan fingerprint density at radius 3 is 2.71 bits per heavy atom. The summed E-state index contributed by atoms with van der Waals surface area (Å²) in [4.78, 5) is 8.86. The molecule has 0 unspecified atom stereocenters. The number of hydrogen-bond donors (Lipinski definition) is 2. The molecule has 2 N–H and O–H groups in total. The maximum absolute atomic E-state index is 9.91. The van der Waals surface area contributed by atoms with Crippen LogP contribution in [0.15, 0.2) is 61.1 Å². The van der Waals surface area contributed by atoms with Crippen molar-refractivity contribution in [2.75, 3.05) is 19.0 Å². The average Bonchev–Trinajstić information content (AvgIpc) is 3.08. The normalized spacial score (nSPS) is 10.8. The lowest BCUT2D eigenvalue weighted by Crippen LogP contribution is -1.98. The summed E-state index contributed by atoms with van der Waals surface area (Å²) in [5, 5.41) is 13.3. The zero-order valence-electron chi connectivity index (χ0n) is 15.6. The zero-order valence-corrected chi connectivity index (χ0v) is 15.6. The molecule has 0 radical (unpaired) electrons. The third kappa shape index (κ3) is 3.29.